The average molecular weight is 474 g/mol. The van der Waals surface area contributed by atoms with Gasteiger partial charge in [0.15, 0.2) is 0 Å². The maximum absolute atomic E-state index is 12.8. The molecule has 1 saturated heterocycles. The van der Waals surface area contributed by atoms with E-state index in [1.54, 1.807) is 48.5 Å². The molecule has 9 heteroatoms. The Labute approximate surface area is 195 Å². The number of hydrogen-bond donors (Lipinski definition) is 2. The van der Waals surface area contributed by atoms with E-state index in [9.17, 15) is 18.0 Å². The number of nitrogens with zero attached hydrogens (tertiary/aromatic N) is 1. The van der Waals surface area contributed by atoms with E-state index in [1.807, 2.05) is 13.8 Å². The number of benzene rings is 2. The summed E-state index contributed by atoms with van der Waals surface area (Å²) in [5, 5.41) is 5.62. The Kier molecular flexibility index (Phi) is 8.10. The molecule has 2 aromatic rings. The van der Waals surface area contributed by atoms with Crippen LogP contribution in [-0.4, -0.2) is 50.8 Å². The van der Waals surface area contributed by atoms with Gasteiger partial charge in [-0.15, -0.1) is 0 Å². The van der Waals surface area contributed by atoms with Crippen molar-refractivity contribution in [1.29, 1.82) is 0 Å². The molecule has 1 aliphatic rings. The molecular formula is C24H31N3O5S. The molecule has 2 amide bonds. The van der Waals surface area contributed by atoms with Gasteiger partial charge in [0.1, 0.15) is 11.8 Å². The van der Waals surface area contributed by atoms with Crippen LogP contribution in [0, 0.1) is 5.92 Å². The molecule has 0 radical (unpaired) electrons. The monoisotopic (exact) mass is 473 g/mol. The molecule has 0 saturated carbocycles. The Morgan fingerprint density at radius 2 is 1.67 bits per heavy atom. The third-order valence-electron chi connectivity index (χ3n) is 5.68. The summed E-state index contributed by atoms with van der Waals surface area (Å²) in [6, 6.07) is 12.6. The van der Waals surface area contributed by atoms with Gasteiger partial charge in [-0.1, -0.05) is 38.1 Å². The predicted molar refractivity (Wildman–Crippen MR) is 125 cm³/mol. The average Bonchev–Trinajstić information content (AvgIpc) is 3.37. The van der Waals surface area contributed by atoms with Crippen LogP contribution in [0.3, 0.4) is 0 Å². The van der Waals surface area contributed by atoms with Crippen molar-refractivity contribution in [2.24, 2.45) is 5.92 Å². The molecule has 33 heavy (non-hydrogen) atoms. The van der Waals surface area contributed by atoms with Crippen molar-refractivity contribution in [3.05, 3.63) is 59.7 Å². The summed E-state index contributed by atoms with van der Waals surface area (Å²) in [5.41, 5.74) is 1.12. The van der Waals surface area contributed by atoms with Crippen molar-refractivity contribution in [3.8, 4) is 5.75 Å². The van der Waals surface area contributed by atoms with Crippen molar-refractivity contribution < 1.29 is 22.7 Å². The van der Waals surface area contributed by atoms with E-state index < -0.39 is 22.0 Å². The van der Waals surface area contributed by atoms with Gasteiger partial charge in [0.25, 0.3) is 5.91 Å². The van der Waals surface area contributed by atoms with Crippen LogP contribution in [0.1, 0.15) is 42.6 Å². The van der Waals surface area contributed by atoms with Crippen LogP contribution in [0.15, 0.2) is 53.4 Å². The van der Waals surface area contributed by atoms with Gasteiger partial charge in [-0.2, -0.15) is 4.31 Å². The van der Waals surface area contributed by atoms with E-state index in [0.29, 0.717) is 24.4 Å². The maximum Gasteiger partial charge on any atom is 0.255 e. The number of carbonyl (C=O) groups is 2. The van der Waals surface area contributed by atoms with Gasteiger partial charge in [-0.05, 0) is 48.6 Å². The molecule has 1 fully saturated rings. The summed E-state index contributed by atoms with van der Waals surface area (Å²) in [6.07, 6.45) is 1.77. The van der Waals surface area contributed by atoms with E-state index in [4.69, 9.17) is 4.74 Å². The summed E-state index contributed by atoms with van der Waals surface area (Å²) < 4.78 is 32.0. The molecule has 1 aliphatic heterocycles. The van der Waals surface area contributed by atoms with Gasteiger partial charge in [0.05, 0.1) is 17.6 Å². The number of methoxy groups -OCH3 is 1. The fourth-order valence-corrected chi connectivity index (χ4v) is 5.26. The number of ether oxygens (including phenoxy) is 1. The van der Waals surface area contributed by atoms with E-state index in [0.717, 1.165) is 18.4 Å². The third kappa shape index (κ3) is 5.91. The van der Waals surface area contributed by atoms with Gasteiger partial charge < -0.3 is 15.4 Å². The Bertz CT molecular complexity index is 1080. The van der Waals surface area contributed by atoms with Gasteiger partial charge in [0, 0.05) is 19.6 Å². The SMILES string of the molecule is COc1ccccc1C(=O)NC(C(=O)NCc1ccc(S(=O)(=O)N2CCCC2)cc1)C(C)C. The van der Waals surface area contributed by atoms with Crippen molar-refractivity contribution in [2.75, 3.05) is 20.2 Å². The minimum atomic E-state index is -3.47. The van der Waals surface area contributed by atoms with E-state index >= 15 is 0 Å². The first kappa shape index (κ1) is 24.7. The van der Waals surface area contributed by atoms with Crippen LogP contribution in [0.4, 0.5) is 0 Å². The first-order chi connectivity index (χ1) is 15.7. The van der Waals surface area contributed by atoms with Gasteiger partial charge >= 0.3 is 0 Å². The van der Waals surface area contributed by atoms with Crippen LogP contribution in [0.25, 0.3) is 0 Å². The number of carbonyl (C=O) groups excluding carboxylic acids is 2. The molecule has 1 heterocycles. The maximum atomic E-state index is 12.8. The zero-order valence-electron chi connectivity index (χ0n) is 19.2. The van der Waals surface area contributed by atoms with E-state index in [-0.39, 0.29) is 23.3 Å². The zero-order chi connectivity index (χ0) is 24.0. The molecule has 2 N–H and O–H groups in total. The van der Waals surface area contributed by atoms with Crippen molar-refractivity contribution >= 4 is 21.8 Å². The lowest BCUT2D eigenvalue weighted by Gasteiger charge is -2.22. The largest absolute Gasteiger partial charge is 0.496 e. The Morgan fingerprint density at radius 3 is 2.27 bits per heavy atom. The summed E-state index contributed by atoms with van der Waals surface area (Å²) >= 11 is 0. The number of para-hydroxylation sites is 1. The molecule has 8 nitrogen and oxygen atoms in total. The van der Waals surface area contributed by atoms with Gasteiger partial charge in [-0.3, -0.25) is 9.59 Å². The molecule has 0 bridgehead atoms. The summed E-state index contributed by atoms with van der Waals surface area (Å²) in [5.74, 6) is -0.418. The first-order valence-corrected chi connectivity index (χ1v) is 12.5. The number of amides is 2. The Balaban J connectivity index is 1.62. The zero-order valence-corrected chi connectivity index (χ0v) is 20.0. The molecular weight excluding hydrogens is 442 g/mol. The van der Waals surface area contributed by atoms with Crippen molar-refractivity contribution in [1.82, 2.24) is 14.9 Å². The first-order valence-electron chi connectivity index (χ1n) is 11.0. The molecule has 1 unspecified atom stereocenters. The number of sulfonamides is 1. The Morgan fingerprint density at radius 1 is 1.03 bits per heavy atom. The topological polar surface area (TPSA) is 105 Å². The fraction of sp³-hybridized carbons (Fsp3) is 0.417. The lowest BCUT2D eigenvalue weighted by Crippen LogP contribution is -2.49. The predicted octanol–water partition coefficient (Wildman–Crippen LogP) is 2.55. The minimum absolute atomic E-state index is 0.142. The van der Waals surface area contributed by atoms with Crippen LogP contribution in [0.5, 0.6) is 5.75 Å². The minimum Gasteiger partial charge on any atom is -0.496 e. The van der Waals surface area contributed by atoms with Crippen LogP contribution >= 0.6 is 0 Å². The highest BCUT2D eigenvalue weighted by Gasteiger charge is 2.27. The quantitative estimate of drug-likeness (QED) is 0.582. The molecule has 0 aliphatic carbocycles. The molecule has 1 atom stereocenters. The highest BCUT2D eigenvalue weighted by atomic mass is 32.2. The summed E-state index contributed by atoms with van der Waals surface area (Å²) in [6.45, 7) is 5.03. The standard InChI is InChI=1S/C24H31N3O5S/c1-17(2)22(26-23(28)20-8-4-5-9-21(20)32-3)24(29)25-16-18-10-12-19(13-11-18)33(30,31)27-14-6-7-15-27/h4-5,8-13,17,22H,6-7,14-16H2,1-3H3,(H,25,29)(H,26,28). The summed E-state index contributed by atoms with van der Waals surface area (Å²) in [4.78, 5) is 25.8. The second-order valence-corrected chi connectivity index (χ2v) is 10.3. The lowest BCUT2D eigenvalue weighted by atomic mass is 10.0. The van der Waals surface area contributed by atoms with Gasteiger partial charge in [0.2, 0.25) is 15.9 Å². The molecule has 178 valence electrons. The van der Waals surface area contributed by atoms with E-state index in [1.165, 1.54) is 11.4 Å². The summed E-state index contributed by atoms with van der Waals surface area (Å²) in [7, 11) is -1.98. The fourth-order valence-electron chi connectivity index (χ4n) is 3.74. The lowest BCUT2D eigenvalue weighted by molar-refractivity contribution is -0.124. The van der Waals surface area contributed by atoms with Crippen molar-refractivity contribution in [2.45, 2.75) is 44.2 Å². The number of nitrogens with one attached hydrogen (secondary N) is 2. The number of rotatable bonds is 9. The molecule has 3 rings (SSSR count). The second-order valence-electron chi connectivity index (χ2n) is 8.37. The molecule has 2 aromatic carbocycles. The normalized spacial score (nSPS) is 15.3. The third-order valence-corrected chi connectivity index (χ3v) is 7.59. The highest BCUT2D eigenvalue weighted by Crippen LogP contribution is 2.21. The second kappa shape index (κ2) is 10.8. The number of hydrogen-bond acceptors (Lipinski definition) is 5. The Hall–Kier alpha value is -2.91. The van der Waals surface area contributed by atoms with Gasteiger partial charge in [-0.25, -0.2) is 8.42 Å². The van der Waals surface area contributed by atoms with Crippen molar-refractivity contribution in [3.63, 3.8) is 0 Å². The molecule has 0 aromatic heterocycles. The van der Waals surface area contributed by atoms with Crippen LogP contribution < -0.4 is 15.4 Å². The highest BCUT2D eigenvalue weighted by molar-refractivity contribution is 7.89. The van der Waals surface area contributed by atoms with E-state index in [2.05, 4.69) is 10.6 Å². The van der Waals surface area contributed by atoms with Crippen LogP contribution in [-0.2, 0) is 21.4 Å². The van der Waals surface area contributed by atoms with Crippen LogP contribution in [0.2, 0.25) is 0 Å². The molecule has 0 spiro atoms. The smallest absolute Gasteiger partial charge is 0.255 e.